The molecule has 0 radical (unpaired) electrons. The van der Waals surface area contributed by atoms with Gasteiger partial charge in [-0.15, -0.1) is 0 Å². The first-order chi connectivity index (χ1) is 22.2. The van der Waals surface area contributed by atoms with Gasteiger partial charge < -0.3 is 15.0 Å². The molecular weight excluding hydrogens is 622 g/mol. The number of benzene rings is 4. The zero-order valence-corrected chi connectivity index (χ0v) is 27.7. The van der Waals surface area contributed by atoms with E-state index in [2.05, 4.69) is 5.32 Å². The van der Waals surface area contributed by atoms with Crippen molar-refractivity contribution in [1.82, 2.24) is 10.2 Å². The average Bonchev–Trinajstić information content (AvgIpc) is 3.07. The lowest BCUT2D eigenvalue weighted by Crippen LogP contribution is -2.53. The van der Waals surface area contributed by atoms with Gasteiger partial charge in [0.25, 0.3) is 10.0 Å². The normalized spacial score (nSPS) is 11.8. The number of ether oxygens (including phenoxy) is 1. The van der Waals surface area contributed by atoms with Crippen LogP contribution in [-0.2, 0) is 32.6 Å². The van der Waals surface area contributed by atoms with Crippen molar-refractivity contribution in [2.75, 3.05) is 24.0 Å². The Morgan fingerprint density at radius 3 is 2.07 bits per heavy atom. The van der Waals surface area contributed by atoms with Crippen molar-refractivity contribution in [2.45, 2.75) is 50.6 Å². The van der Waals surface area contributed by atoms with Crippen LogP contribution in [0.1, 0.15) is 37.8 Å². The molecule has 10 heteroatoms. The van der Waals surface area contributed by atoms with Gasteiger partial charge in [0, 0.05) is 24.5 Å². The maximum absolute atomic E-state index is 14.6. The molecule has 2 amide bonds. The number of carbonyl (C=O) groups excluding carboxylic acids is 2. The molecule has 46 heavy (non-hydrogen) atoms. The average molecular weight is 662 g/mol. The summed E-state index contributed by atoms with van der Waals surface area (Å²) in [5, 5.41) is 3.38. The summed E-state index contributed by atoms with van der Waals surface area (Å²) >= 11 is 6.08. The molecule has 0 aliphatic rings. The second-order valence-corrected chi connectivity index (χ2v) is 13.0. The van der Waals surface area contributed by atoms with Crippen LogP contribution < -0.4 is 14.4 Å². The lowest BCUT2D eigenvalue weighted by molar-refractivity contribution is -0.140. The first-order valence-corrected chi connectivity index (χ1v) is 17.2. The van der Waals surface area contributed by atoms with Crippen LogP contribution in [0.4, 0.5) is 5.69 Å². The van der Waals surface area contributed by atoms with Crippen molar-refractivity contribution in [3.8, 4) is 5.75 Å². The predicted molar refractivity (Wildman–Crippen MR) is 182 cm³/mol. The predicted octanol–water partition coefficient (Wildman–Crippen LogP) is 6.49. The number of para-hydroxylation sites is 2. The Kier molecular flexibility index (Phi) is 12.6. The van der Waals surface area contributed by atoms with Crippen LogP contribution >= 0.6 is 11.6 Å². The van der Waals surface area contributed by atoms with Crippen molar-refractivity contribution in [1.29, 1.82) is 0 Å². The Morgan fingerprint density at radius 2 is 1.43 bits per heavy atom. The summed E-state index contributed by atoms with van der Waals surface area (Å²) in [6, 6.07) is 30.4. The molecule has 0 fully saturated rings. The van der Waals surface area contributed by atoms with Gasteiger partial charge in [0.05, 0.1) is 17.2 Å². The summed E-state index contributed by atoms with van der Waals surface area (Å²) in [4.78, 5) is 29.9. The molecule has 0 aliphatic heterocycles. The third kappa shape index (κ3) is 9.11. The lowest BCUT2D eigenvalue weighted by atomic mass is 10.0. The fourth-order valence-electron chi connectivity index (χ4n) is 5.03. The number of nitrogens with zero attached hydrogens (tertiary/aromatic N) is 2. The number of amides is 2. The molecule has 242 valence electrons. The fourth-order valence-corrected chi connectivity index (χ4v) is 6.58. The second kappa shape index (κ2) is 16.8. The number of unbranched alkanes of at least 4 members (excludes halogenated alkanes) is 1. The van der Waals surface area contributed by atoms with Crippen LogP contribution in [-0.4, -0.2) is 50.9 Å². The topological polar surface area (TPSA) is 96.0 Å². The van der Waals surface area contributed by atoms with Gasteiger partial charge in [0.2, 0.25) is 11.8 Å². The highest BCUT2D eigenvalue weighted by Crippen LogP contribution is 2.33. The van der Waals surface area contributed by atoms with E-state index >= 15 is 0 Å². The van der Waals surface area contributed by atoms with Gasteiger partial charge in [-0.3, -0.25) is 13.9 Å². The lowest BCUT2D eigenvalue weighted by Gasteiger charge is -2.34. The molecule has 0 aromatic heterocycles. The zero-order chi connectivity index (χ0) is 32.9. The van der Waals surface area contributed by atoms with E-state index < -0.39 is 28.5 Å². The third-order valence-electron chi connectivity index (χ3n) is 7.41. The Labute approximate surface area is 277 Å². The number of hydrogen-bond donors (Lipinski definition) is 1. The molecule has 8 nitrogen and oxygen atoms in total. The summed E-state index contributed by atoms with van der Waals surface area (Å²) in [7, 11) is -4.29. The summed E-state index contributed by atoms with van der Waals surface area (Å²) in [6.07, 6.45) is 1.93. The van der Waals surface area contributed by atoms with Crippen molar-refractivity contribution >= 4 is 39.1 Å². The Bertz CT molecular complexity index is 1670. The fraction of sp³-hybridized carbons (Fsp3) is 0.278. The highest BCUT2D eigenvalue weighted by Gasteiger charge is 2.35. The molecule has 4 aromatic rings. The van der Waals surface area contributed by atoms with Crippen molar-refractivity contribution in [3.63, 3.8) is 0 Å². The van der Waals surface area contributed by atoms with Crippen LogP contribution in [0.3, 0.4) is 0 Å². The van der Waals surface area contributed by atoms with E-state index in [4.69, 9.17) is 16.3 Å². The van der Waals surface area contributed by atoms with Crippen LogP contribution in [0.15, 0.2) is 114 Å². The Morgan fingerprint density at radius 1 is 0.826 bits per heavy atom. The Balaban J connectivity index is 1.81. The monoisotopic (exact) mass is 661 g/mol. The first-order valence-electron chi connectivity index (χ1n) is 15.4. The van der Waals surface area contributed by atoms with E-state index in [0.717, 1.165) is 28.3 Å². The van der Waals surface area contributed by atoms with Crippen molar-refractivity contribution in [2.24, 2.45) is 0 Å². The second-order valence-electron chi connectivity index (χ2n) is 10.7. The van der Waals surface area contributed by atoms with Gasteiger partial charge >= 0.3 is 0 Å². The zero-order valence-electron chi connectivity index (χ0n) is 26.1. The van der Waals surface area contributed by atoms with Crippen LogP contribution in [0.5, 0.6) is 5.75 Å². The molecule has 0 saturated heterocycles. The number of rotatable bonds is 16. The van der Waals surface area contributed by atoms with Gasteiger partial charge in [-0.05, 0) is 60.9 Å². The van der Waals surface area contributed by atoms with Gasteiger partial charge in [0.1, 0.15) is 18.3 Å². The molecule has 0 bridgehead atoms. The summed E-state index contributed by atoms with van der Waals surface area (Å²) in [6.45, 7) is 4.11. The highest BCUT2D eigenvalue weighted by atomic mass is 35.5. The first kappa shape index (κ1) is 34.5. The molecular formula is C36H40ClN3O5S. The quantitative estimate of drug-likeness (QED) is 0.139. The molecule has 1 atom stereocenters. The van der Waals surface area contributed by atoms with E-state index in [9.17, 15) is 18.0 Å². The summed E-state index contributed by atoms with van der Waals surface area (Å²) in [5.74, 6) is -0.536. The Hall–Kier alpha value is -4.34. The standard InChI is InChI=1S/C36H40ClN3O5S/c1-3-5-24-38-36(42)33(25-28-14-8-6-9-15-28)39(26-29-16-10-7-11-17-29)35(41)27-40(32-18-12-13-19-34(32)45-4-2)46(43,44)31-22-20-30(37)21-23-31/h6-23,33H,3-5,24-27H2,1-2H3,(H,38,42)/t33-/m0/s1. The van der Waals surface area contributed by atoms with Gasteiger partial charge in [-0.1, -0.05) is 97.7 Å². The van der Waals surface area contributed by atoms with E-state index in [1.807, 2.05) is 67.6 Å². The van der Waals surface area contributed by atoms with Gasteiger partial charge in [-0.2, -0.15) is 0 Å². The number of anilines is 1. The number of sulfonamides is 1. The van der Waals surface area contributed by atoms with E-state index in [1.165, 1.54) is 29.2 Å². The van der Waals surface area contributed by atoms with E-state index in [1.54, 1.807) is 31.2 Å². The van der Waals surface area contributed by atoms with Gasteiger partial charge in [0.15, 0.2) is 0 Å². The highest BCUT2D eigenvalue weighted by molar-refractivity contribution is 7.92. The smallest absolute Gasteiger partial charge is 0.264 e. The number of carbonyl (C=O) groups is 2. The third-order valence-corrected chi connectivity index (χ3v) is 9.44. The molecule has 0 unspecified atom stereocenters. The molecule has 0 saturated carbocycles. The van der Waals surface area contributed by atoms with Crippen molar-refractivity contribution < 1.29 is 22.7 Å². The minimum atomic E-state index is -4.29. The van der Waals surface area contributed by atoms with E-state index in [0.29, 0.717) is 17.3 Å². The number of hydrogen-bond acceptors (Lipinski definition) is 5. The van der Waals surface area contributed by atoms with Gasteiger partial charge in [-0.25, -0.2) is 8.42 Å². The van der Waals surface area contributed by atoms with Crippen molar-refractivity contribution in [3.05, 3.63) is 125 Å². The largest absolute Gasteiger partial charge is 0.492 e. The van der Waals surface area contributed by atoms with Crippen LogP contribution in [0.2, 0.25) is 5.02 Å². The molecule has 1 N–H and O–H groups in total. The number of halogens is 1. The molecule has 0 spiro atoms. The van der Waals surface area contributed by atoms with Crippen LogP contribution in [0, 0.1) is 0 Å². The minimum absolute atomic E-state index is 0.0382. The SMILES string of the molecule is CCCCNC(=O)[C@H](Cc1ccccc1)N(Cc1ccccc1)C(=O)CN(c1ccccc1OCC)S(=O)(=O)c1ccc(Cl)cc1. The maximum Gasteiger partial charge on any atom is 0.264 e. The minimum Gasteiger partial charge on any atom is -0.492 e. The van der Waals surface area contributed by atoms with Crippen LogP contribution in [0.25, 0.3) is 0 Å². The molecule has 4 aromatic carbocycles. The van der Waals surface area contributed by atoms with E-state index in [-0.39, 0.29) is 36.1 Å². The maximum atomic E-state index is 14.6. The number of nitrogens with one attached hydrogen (secondary N) is 1. The summed E-state index contributed by atoms with van der Waals surface area (Å²) in [5.41, 5.74) is 1.88. The molecule has 0 aliphatic carbocycles. The molecule has 0 heterocycles. The molecule has 4 rings (SSSR count). The summed E-state index contributed by atoms with van der Waals surface area (Å²) < 4.78 is 35.4.